The fraction of sp³-hybridized carbons (Fsp3) is 0.261. The van der Waals surface area contributed by atoms with Gasteiger partial charge in [-0.15, -0.1) is 12.4 Å². The highest BCUT2D eigenvalue weighted by Crippen LogP contribution is 2.31. The minimum Gasteiger partial charge on any atom is -0.478 e. The van der Waals surface area contributed by atoms with Gasteiger partial charge in [0.25, 0.3) is 0 Å². The van der Waals surface area contributed by atoms with E-state index < -0.39 is 17.6 Å². The number of aromatic nitrogens is 3. The van der Waals surface area contributed by atoms with Crippen LogP contribution in [0.3, 0.4) is 0 Å². The Bertz CT molecular complexity index is 1320. The maximum atomic E-state index is 13.4. The van der Waals surface area contributed by atoms with Gasteiger partial charge in [0.05, 0.1) is 5.56 Å². The molecule has 0 aliphatic carbocycles. The summed E-state index contributed by atoms with van der Waals surface area (Å²) < 4.78 is 26.5. The zero-order valence-electron chi connectivity index (χ0n) is 17.6. The number of hydrogen-bond acceptors (Lipinski definition) is 5. The van der Waals surface area contributed by atoms with Crippen LogP contribution in [0, 0.1) is 11.6 Å². The molecule has 33 heavy (non-hydrogen) atoms. The number of anilines is 1. The van der Waals surface area contributed by atoms with Crippen LogP contribution < -0.4 is 4.90 Å². The van der Waals surface area contributed by atoms with E-state index in [1.54, 1.807) is 18.2 Å². The smallest absolute Gasteiger partial charge is 0.336 e. The first kappa shape index (κ1) is 22.9. The van der Waals surface area contributed by atoms with Gasteiger partial charge in [-0.3, -0.25) is 4.90 Å². The van der Waals surface area contributed by atoms with Crippen LogP contribution in [0.2, 0.25) is 0 Å². The van der Waals surface area contributed by atoms with Gasteiger partial charge in [-0.1, -0.05) is 12.1 Å². The summed E-state index contributed by atoms with van der Waals surface area (Å²) in [5, 5.41) is 10.1. The van der Waals surface area contributed by atoms with Crippen molar-refractivity contribution in [3.05, 3.63) is 65.5 Å². The van der Waals surface area contributed by atoms with Crippen LogP contribution in [0.5, 0.6) is 0 Å². The average molecular weight is 474 g/mol. The SMILES string of the molecule is Cl.O=C(O)c1cccc2[nH]c3c(N4CCN(CCc5ccc(F)c(F)c5)CC4)ncnc3c12. The number of piperazine rings is 1. The number of carboxylic acid groups (broad SMARTS) is 1. The highest BCUT2D eigenvalue weighted by molar-refractivity contribution is 6.16. The van der Waals surface area contributed by atoms with Gasteiger partial charge in [-0.25, -0.2) is 23.5 Å². The van der Waals surface area contributed by atoms with Crippen molar-refractivity contribution in [2.45, 2.75) is 6.42 Å². The van der Waals surface area contributed by atoms with Crippen molar-refractivity contribution in [1.82, 2.24) is 19.9 Å². The number of rotatable bonds is 5. The van der Waals surface area contributed by atoms with Crippen molar-refractivity contribution in [2.24, 2.45) is 0 Å². The molecular weight excluding hydrogens is 452 g/mol. The molecule has 2 aromatic carbocycles. The van der Waals surface area contributed by atoms with Crippen molar-refractivity contribution in [3.8, 4) is 0 Å². The van der Waals surface area contributed by atoms with E-state index in [9.17, 15) is 18.7 Å². The molecular formula is C23H22ClF2N5O2. The molecule has 0 radical (unpaired) electrons. The summed E-state index contributed by atoms with van der Waals surface area (Å²) in [7, 11) is 0. The highest BCUT2D eigenvalue weighted by Gasteiger charge is 2.23. The van der Waals surface area contributed by atoms with Crippen LogP contribution >= 0.6 is 12.4 Å². The maximum absolute atomic E-state index is 13.4. The summed E-state index contributed by atoms with van der Waals surface area (Å²) in [5.41, 5.74) is 3.03. The fourth-order valence-electron chi connectivity index (χ4n) is 4.31. The predicted molar refractivity (Wildman–Crippen MR) is 124 cm³/mol. The minimum absolute atomic E-state index is 0. The van der Waals surface area contributed by atoms with Gasteiger partial charge < -0.3 is 15.0 Å². The molecule has 1 aliphatic heterocycles. The predicted octanol–water partition coefficient (Wildman–Crippen LogP) is 3.87. The van der Waals surface area contributed by atoms with Crippen LogP contribution in [-0.2, 0) is 6.42 Å². The Kier molecular flexibility index (Phi) is 6.44. The molecule has 0 spiro atoms. The number of carbonyl (C=O) groups is 1. The average Bonchev–Trinajstić information content (AvgIpc) is 3.19. The van der Waals surface area contributed by atoms with E-state index >= 15 is 0 Å². The third kappa shape index (κ3) is 4.34. The Labute approximate surface area is 194 Å². The molecule has 172 valence electrons. The largest absolute Gasteiger partial charge is 0.478 e. The number of nitrogens with zero attached hydrogens (tertiary/aromatic N) is 4. The molecule has 4 aromatic rings. The number of nitrogens with one attached hydrogen (secondary N) is 1. The third-order valence-electron chi connectivity index (χ3n) is 5.99. The summed E-state index contributed by atoms with van der Waals surface area (Å²) in [5.74, 6) is -1.88. The quantitative estimate of drug-likeness (QED) is 0.457. The molecule has 0 unspecified atom stereocenters. The monoisotopic (exact) mass is 473 g/mol. The number of H-pyrrole nitrogens is 1. The number of benzene rings is 2. The Morgan fingerprint density at radius 2 is 1.85 bits per heavy atom. The second kappa shape index (κ2) is 9.29. The van der Waals surface area contributed by atoms with E-state index in [-0.39, 0.29) is 18.0 Å². The molecule has 1 aliphatic rings. The number of aromatic amines is 1. The molecule has 10 heteroatoms. The summed E-state index contributed by atoms with van der Waals surface area (Å²) in [6, 6.07) is 9.16. The second-order valence-electron chi connectivity index (χ2n) is 7.91. The molecule has 0 atom stereocenters. The molecule has 5 rings (SSSR count). The molecule has 0 saturated carbocycles. The summed E-state index contributed by atoms with van der Waals surface area (Å²) in [4.78, 5) is 28.2. The number of fused-ring (bicyclic) bond motifs is 3. The van der Waals surface area contributed by atoms with Crippen LogP contribution in [0.25, 0.3) is 21.9 Å². The van der Waals surface area contributed by atoms with Crippen molar-refractivity contribution in [3.63, 3.8) is 0 Å². The molecule has 1 fully saturated rings. The van der Waals surface area contributed by atoms with Crippen LogP contribution in [0.1, 0.15) is 15.9 Å². The first-order valence-electron chi connectivity index (χ1n) is 10.4. The van der Waals surface area contributed by atoms with Gasteiger partial charge in [0, 0.05) is 43.6 Å². The minimum atomic E-state index is -0.994. The van der Waals surface area contributed by atoms with E-state index in [2.05, 4.69) is 24.8 Å². The Morgan fingerprint density at radius 3 is 2.58 bits per heavy atom. The summed E-state index contributed by atoms with van der Waals surface area (Å²) in [6.45, 7) is 3.84. The normalized spacial score (nSPS) is 14.5. The lowest BCUT2D eigenvalue weighted by Crippen LogP contribution is -2.47. The molecule has 0 amide bonds. The Hall–Kier alpha value is -3.30. The summed E-state index contributed by atoms with van der Waals surface area (Å²) >= 11 is 0. The Balaban J connectivity index is 0.00000259. The number of aromatic carboxylic acids is 1. The van der Waals surface area contributed by atoms with Gasteiger partial charge in [-0.2, -0.15) is 0 Å². The fourth-order valence-corrected chi connectivity index (χ4v) is 4.31. The molecule has 7 nitrogen and oxygen atoms in total. The van der Waals surface area contributed by atoms with Crippen molar-refractivity contribution >= 4 is 46.1 Å². The van der Waals surface area contributed by atoms with Gasteiger partial charge in [-0.05, 0) is 36.2 Å². The van der Waals surface area contributed by atoms with Gasteiger partial charge in [0.1, 0.15) is 17.4 Å². The zero-order chi connectivity index (χ0) is 22.2. The van der Waals surface area contributed by atoms with Crippen molar-refractivity contribution < 1.29 is 18.7 Å². The van der Waals surface area contributed by atoms with E-state index in [4.69, 9.17) is 0 Å². The van der Waals surface area contributed by atoms with Crippen molar-refractivity contribution in [1.29, 1.82) is 0 Å². The maximum Gasteiger partial charge on any atom is 0.336 e. The lowest BCUT2D eigenvalue weighted by atomic mass is 10.1. The zero-order valence-corrected chi connectivity index (χ0v) is 18.4. The second-order valence-corrected chi connectivity index (χ2v) is 7.91. The topological polar surface area (TPSA) is 85.4 Å². The van der Waals surface area contributed by atoms with Crippen molar-refractivity contribution in [2.75, 3.05) is 37.6 Å². The first-order valence-corrected chi connectivity index (χ1v) is 10.4. The molecule has 2 N–H and O–H groups in total. The number of halogens is 3. The molecule has 0 bridgehead atoms. The standard InChI is InChI=1S/C23H21F2N5O2.ClH/c24-16-5-4-14(12-17(16)25)6-7-29-8-10-30(11-9-29)22-21-20(26-13-27-22)19-15(23(31)32)2-1-3-18(19)28-21;/h1-5,12-13,28H,6-11H2,(H,31,32);1H. The number of carboxylic acids is 1. The van der Waals surface area contributed by atoms with Crippen LogP contribution in [0.15, 0.2) is 42.7 Å². The first-order chi connectivity index (χ1) is 15.5. The molecule has 1 saturated heterocycles. The van der Waals surface area contributed by atoms with Crippen LogP contribution in [-0.4, -0.2) is 63.7 Å². The summed E-state index contributed by atoms with van der Waals surface area (Å²) in [6.07, 6.45) is 2.12. The van der Waals surface area contributed by atoms with Gasteiger partial charge in [0.15, 0.2) is 17.5 Å². The molecule has 3 heterocycles. The lowest BCUT2D eigenvalue weighted by molar-refractivity contribution is 0.0699. The van der Waals surface area contributed by atoms with E-state index in [1.807, 2.05) is 6.07 Å². The molecule has 2 aromatic heterocycles. The van der Waals surface area contributed by atoms with E-state index in [0.717, 1.165) is 49.6 Å². The lowest BCUT2D eigenvalue weighted by Gasteiger charge is -2.35. The highest BCUT2D eigenvalue weighted by atomic mass is 35.5. The number of hydrogen-bond donors (Lipinski definition) is 2. The third-order valence-corrected chi connectivity index (χ3v) is 5.99. The van der Waals surface area contributed by atoms with Gasteiger partial charge in [0.2, 0.25) is 0 Å². The van der Waals surface area contributed by atoms with Gasteiger partial charge >= 0.3 is 5.97 Å². The van der Waals surface area contributed by atoms with E-state index in [0.29, 0.717) is 22.8 Å². The van der Waals surface area contributed by atoms with Crippen LogP contribution in [0.4, 0.5) is 14.6 Å². The Morgan fingerprint density at radius 1 is 1.06 bits per heavy atom. The van der Waals surface area contributed by atoms with E-state index in [1.165, 1.54) is 18.5 Å².